The quantitative estimate of drug-likeness (QED) is 0.895. The van der Waals surface area contributed by atoms with Crippen LogP contribution in [0.1, 0.15) is 28.8 Å². The topological polar surface area (TPSA) is 71.7 Å². The van der Waals surface area contributed by atoms with Crippen LogP contribution in [-0.4, -0.2) is 59.1 Å². The standard InChI is InChI=1S/C19H24N4O2S/c20-17-15(2-1-6-21-17)12-22-9-10-25-19(14-22)4-7-23(8-5-19)18(24)16-3-11-26-13-16/h1-3,6,11,13H,4-5,7-10,12,14H2,(H2,20,21). The molecule has 0 bridgehead atoms. The highest BCUT2D eigenvalue weighted by atomic mass is 32.1. The monoisotopic (exact) mass is 372 g/mol. The Balaban J connectivity index is 1.37. The summed E-state index contributed by atoms with van der Waals surface area (Å²) in [5.74, 6) is 0.737. The number of anilines is 1. The molecule has 0 aliphatic carbocycles. The van der Waals surface area contributed by atoms with Crippen molar-refractivity contribution in [1.29, 1.82) is 0 Å². The van der Waals surface area contributed by atoms with Gasteiger partial charge in [-0.05, 0) is 30.4 Å². The van der Waals surface area contributed by atoms with E-state index in [1.807, 2.05) is 33.9 Å². The molecule has 2 aromatic rings. The molecule has 2 fully saturated rings. The SMILES string of the molecule is Nc1ncccc1CN1CCOC2(CCN(C(=O)c3ccsc3)CC2)C1. The molecule has 6 nitrogen and oxygen atoms in total. The van der Waals surface area contributed by atoms with Gasteiger partial charge in [0, 0.05) is 49.9 Å². The van der Waals surface area contributed by atoms with Crippen molar-refractivity contribution < 1.29 is 9.53 Å². The first-order chi connectivity index (χ1) is 12.7. The second kappa shape index (κ2) is 7.34. The number of pyridine rings is 1. The molecule has 2 aliphatic heterocycles. The van der Waals surface area contributed by atoms with Gasteiger partial charge in [-0.2, -0.15) is 11.3 Å². The third-order valence-electron chi connectivity index (χ3n) is 5.38. The van der Waals surface area contributed by atoms with E-state index in [1.165, 1.54) is 0 Å². The van der Waals surface area contributed by atoms with Crippen LogP contribution >= 0.6 is 11.3 Å². The van der Waals surface area contributed by atoms with E-state index < -0.39 is 0 Å². The molecule has 0 unspecified atom stereocenters. The first-order valence-corrected chi connectivity index (χ1v) is 9.97. The smallest absolute Gasteiger partial charge is 0.254 e. The van der Waals surface area contributed by atoms with E-state index in [4.69, 9.17) is 10.5 Å². The lowest BCUT2D eigenvalue weighted by Gasteiger charge is -2.47. The molecule has 0 radical (unpaired) electrons. The average Bonchev–Trinajstić information content (AvgIpc) is 3.19. The van der Waals surface area contributed by atoms with E-state index in [9.17, 15) is 4.79 Å². The summed E-state index contributed by atoms with van der Waals surface area (Å²) in [5, 5.41) is 3.87. The van der Waals surface area contributed by atoms with Gasteiger partial charge in [-0.1, -0.05) is 6.07 Å². The molecule has 138 valence electrons. The number of amides is 1. The Hall–Kier alpha value is -1.96. The molecule has 4 rings (SSSR count). The molecule has 7 heteroatoms. The van der Waals surface area contributed by atoms with Crippen LogP contribution in [0.15, 0.2) is 35.2 Å². The minimum Gasteiger partial charge on any atom is -0.383 e. The molecule has 26 heavy (non-hydrogen) atoms. The zero-order valence-electron chi connectivity index (χ0n) is 14.8. The van der Waals surface area contributed by atoms with E-state index in [0.29, 0.717) is 5.82 Å². The second-order valence-electron chi connectivity index (χ2n) is 7.09. The van der Waals surface area contributed by atoms with Crippen LogP contribution in [0.3, 0.4) is 0 Å². The molecule has 2 aliphatic rings. The van der Waals surface area contributed by atoms with Gasteiger partial charge in [0.15, 0.2) is 0 Å². The molecule has 2 N–H and O–H groups in total. The predicted octanol–water partition coefficient (Wildman–Crippen LogP) is 2.23. The highest BCUT2D eigenvalue weighted by molar-refractivity contribution is 7.08. The highest BCUT2D eigenvalue weighted by Gasteiger charge is 2.40. The summed E-state index contributed by atoms with van der Waals surface area (Å²) < 4.78 is 6.20. The number of likely N-dealkylation sites (tertiary alicyclic amines) is 1. The van der Waals surface area contributed by atoms with Crippen molar-refractivity contribution in [3.63, 3.8) is 0 Å². The fourth-order valence-corrected chi connectivity index (χ4v) is 4.50. The summed E-state index contributed by atoms with van der Waals surface area (Å²) >= 11 is 1.56. The fraction of sp³-hybridized carbons (Fsp3) is 0.474. The van der Waals surface area contributed by atoms with Crippen LogP contribution in [-0.2, 0) is 11.3 Å². The van der Waals surface area contributed by atoms with Gasteiger partial charge >= 0.3 is 0 Å². The number of carbonyl (C=O) groups excluding carboxylic acids is 1. The molecular weight excluding hydrogens is 348 g/mol. The molecule has 1 spiro atoms. The predicted molar refractivity (Wildman–Crippen MR) is 102 cm³/mol. The number of morpholine rings is 1. The van der Waals surface area contributed by atoms with E-state index in [2.05, 4.69) is 9.88 Å². The van der Waals surface area contributed by atoms with Crippen LogP contribution in [0.5, 0.6) is 0 Å². The number of hydrogen-bond acceptors (Lipinski definition) is 6. The number of hydrogen-bond donors (Lipinski definition) is 1. The number of nitrogen functional groups attached to an aromatic ring is 1. The Morgan fingerprint density at radius 2 is 2.15 bits per heavy atom. The van der Waals surface area contributed by atoms with Crippen molar-refractivity contribution in [3.8, 4) is 0 Å². The largest absolute Gasteiger partial charge is 0.383 e. The summed E-state index contributed by atoms with van der Waals surface area (Å²) in [6.45, 7) is 4.78. The van der Waals surface area contributed by atoms with Gasteiger partial charge in [-0.15, -0.1) is 0 Å². The van der Waals surface area contributed by atoms with E-state index in [-0.39, 0.29) is 11.5 Å². The van der Waals surface area contributed by atoms with E-state index in [0.717, 1.165) is 63.3 Å². The Morgan fingerprint density at radius 1 is 1.31 bits per heavy atom. The first-order valence-electron chi connectivity index (χ1n) is 9.02. The maximum atomic E-state index is 12.5. The summed E-state index contributed by atoms with van der Waals surface area (Å²) in [6, 6.07) is 5.86. The first kappa shape index (κ1) is 17.5. The Morgan fingerprint density at radius 3 is 2.88 bits per heavy atom. The van der Waals surface area contributed by atoms with Crippen LogP contribution in [0.2, 0.25) is 0 Å². The highest BCUT2D eigenvalue weighted by Crippen LogP contribution is 2.31. The number of aromatic nitrogens is 1. The minimum absolute atomic E-state index is 0.136. The number of thiophene rings is 1. The zero-order chi connectivity index (χ0) is 18.0. The Kier molecular flexibility index (Phi) is 4.93. The minimum atomic E-state index is -0.152. The van der Waals surface area contributed by atoms with Gasteiger partial charge in [-0.25, -0.2) is 4.98 Å². The molecular formula is C19H24N4O2S. The van der Waals surface area contributed by atoms with Crippen molar-refractivity contribution in [2.75, 3.05) is 38.5 Å². The lowest BCUT2D eigenvalue weighted by molar-refractivity contribution is -0.134. The Labute approximate surface area is 157 Å². The summed E-state index contributed by atoms with van der Waals surface area (Å²) in [4.78, 5) is 21.1. The number of nitrogens with two attached hydrogens (primary N) is 1. The normalized spacial score (nSPS) is 20.4. The van der Waals surface area contributed by atoms with Crippen LogP contribution in [0, 0.1) is 0 Å². The fourth-order valence-electron chi connectivity index (χ4n) is 3.87. The number of piperidine rings is 1. The number of ether oxygens (including phenoxy) is 1. The maximum absolute atomic E-state index is 12.5. The van der Waals surface area contributed by atoms with Crippen molar-refractivity contribution in [2.24, 2.45) is 0 Å². The van der Waals surface area contributed by atoms with Crippen molar-refractivity contribution in [1.82, 2.24) is 14.8 Å². The third-order valence-corrected chi connectivity index (χ3v) is 6.06. The van der Waals surface area contributed by atoms with Crippen LogP contribution in [0.25, 0.3) is 0 Å². The molecule has 2 aromatic heterocycles. The Bertz CT molecular complexity index is 757. The zero-order valence-corrected chi connectivity index (χ0v) is 15.6. The number of rotatable bonds is 3. The van der Waals surface area contributed by atoms with Gasteiger partial charge in [0.1, 0.15) is 5.82 Å². The van der Waals surface area contributed by atoms with Gasteiger partial charge in [-0.3, -0.25) is 9.69 Å². The van der Waals surface area contributed by atoms with E-state index in [1.54, 1.807) is 17.5 Å². The summed E-state index contributed by atoms with van der Waals surface area (Å²) in [5.41, 5.74) is 7.70. The number of nitrogens with zero attached hydrogens (tertiary/aromatic N) is 3. The molecule has 1 amide bonds. The van der Waals surface area contributed by atoms with Crippen LogP contribution in [0.4, 0.5) is 5.82 Å². The third kappa shape index (κ3) is 3.60. The summed E-state index contributed by atoms with van der Waals surface area (Å²) in [6.07, 6.45) is 3.48. The molecule has 2 saturated heterocycles. The lowest BCUT2D eigenvalue weighted by atomic mass is 9.89. The van der Waals surface area contributed by atoms with Crippen molar-refractivity contribution in [3.05, 3.63) is 46.3 Å². The van der Waals surface area contributed by atoms with Gasteiger partial charge < -0.3 is 15.4 Å². The van der Waals surface area contributed by atoms with Crippen LogP contribution < -0.4 is 5.73 Å². The van der Waals surface area contributed by atoms with Gasteiger partial charge in [0.2, 0.25) is 0 Å². The molecule has 0 aromatic carbocycles. The maximum Gasteiger partial charge on any atom is 0.254 e. The molecule has 0 atom stereocenters. The van der Waals surface area contributed by atoms with Gasteiger partial charge in [0.05, 0.1) is 17.8 Å². The number of carbonyl (C=O) groups is 1. The average molecular weight is 372 g/mol. The summed E-state index contributed by atoms with van der Waals surface area (Å²) in [7, 11) is 0. The van der Waals surface area contributed by atoms with Crippen molar-refractivity contribution >= 4 is 23.1 Å². The van der Waals surface area contributed by atoms with Crippen molar-refractivity contribution in [2.45, 2.75) is 25.0 Å². The molecule has 0 saturated carbocycles. The second-order valence-corrected chi connectivity index (χ2v) is 7.87. The van der Waals surface area contributed by atoms with E-state index >= 15 is 0 Å². The lowest BCUT2D eigenvalue weighted by Crippen LogP contribution is -2.57. The molecule has 4 heterocycles. The van der Waals surface area contributed by atoms with Gasteiger partial charge in [0.25, 0.3) is 5.91 Å².